The molecular weight excluding hydrogens is 342 g/mol. The van der Waals surface area contributed by atoms with E-state index in [0.29, 0.717) is 0 Å². The first kappa shape index (κ1) is 13.1. The number of nitrogens with zero attached hydrogens (tertiary/aromatic N) is 3. The molecule has 0 bridgehead atoms. The van der Waals surface area contributed by atoms with Gasteiger partial charge in [-0.1, -0.05) is 69.4 Å². The predicted molar refractivity (Wildman–Crippen MR) is 85.4 cm³/mol. The van der Waals surface area contributed by atoms with Crippen molar-refractivity contribution in [1.82, 2.24) is 14.6 Å². The third-order valence-electron chi connectivity index (χ3n) is 2.60. The van der Waals surface area contributed by atoms with E-state index >= 15 is 0 Å². The summed E-state index contributed by atoms with van der Waals surface area (Å²) in [5, 5.41) is 5.59. The Bertz CT molecular complexity index is 631. The Morgan fingerprint density at radius 1 is 1.26 bits per heavy atom. The fourth-order valence-corrected chi connectivity index (χ4v) is 4.29. The molecular formula is C13H12BrN3S2. The Morgan fingerprint density at radius 2 is 2.11 bits per heavy atom. The Hall–Kier alpha value is -0.850. The summed E-state index contributed by atoms with van der Waals surface area (Å²) in [6, 6.07) is 10.2. The predicted octanol–water partition coefficient (Wildman–Crippen LogP) is 4.33. The molecule has 0 saturated carbocycles. The van der Waals surface area contributed by atoms with Crippen LogP contribution in [0.2, 0.25) is 0 Å². The van der Waals surface area contributed by atoms with Crippen molar-refractivity contribution >= 4 is 44.0 Å². The Morgan fingerprint density at radius 3 is 2.84 bits per heavy atom. The van der Waals surface area contributed by atoms with Gasteiger partial charge in [-0.25, -0.2) is 9.50 Å². The maximum Gasteiger partial charge on any atom is 0.213 e. The van der Waals surface area contributed by atoms with Gasteiger partial charge in [-0.15, -0.1) is 5.10 Å². The second-order valence-electron chi connectivity index (χ2n) is 3.98. The fourth-order valence-electron chi connectivity index (χ4n) is 1.70. The van der Waals surface area contributed by atoms with Crippen molar-refractivity contribution in [1.29, 1.82) is 0 Å². The second kappa shape index (κ2) is 6.07. The van der Waals surface area contributed by atoms with E-state index in [2.05, 4.69) is 38.1 Å². The zero-order valence-electron chi connectivity index (χ0n) is 10.1. The van der Waals surface area contributed by atoms with Crippen molar-refractivity contribution in [2.45, 2.75) is 10.8 Å². The Balaban J connectivity index is 1.82. The van der Waals surface area contributed by atoms with Crippen LogP contribution in [0.3, 0.4) is 0 Å². The molecule has 98 valence electrons. The minimum absolute atomic E-state index is 0.959. The quantitative estimate of drug-likeness (QED) is 0.388. The molecule has 0 radical (unpaired) electrons. The number of halogens is 1. The van der Waals surface area contributed by atoms with Gasteiger partial charge in [0.25, 0.3) is 0 Å². The molecule has 6 heteroatoms. The summed E-state index contributed by atoms with van der Waals surface area (Å²) in [6.45, 7) is 0. The van der Waals surface area contributed by atoms with Crippen LogP contribution in [-0.4, -0.2) is 25.7 Å². The first-order valence-electron chi connectivity index (χ1n) is 5.97. The van der Waals surface area contributed by atoms with E-state index in [4.69, 9.17) is 0 Å². The number of hydrogen-bond donors (Lipinski definition) is 0. The highest BCUT2D eigenvalue weighted by Gasteiger charge is 2.09. The van der Waals surface area contributed by atoms with Gasteiger partial charge in [-0.05, 0) is 6.42 Å². The van der Waals surface area contributed by atoms with Crippen LogP contribution in [0.15, 0.2) is 40.9 Å². The molecule has 0 aliphatic carbocycles. The molecule has 0 saturated heterocycles. The SMILES string of the molecule is BrCCCSc1nn2cc(-c3ccccc3)nc2s1. The molecule has 2 heterocycles. The second-order valence-corrected chi connectivity index (χ2v) is 7.07. The van der Waals surface area contributed by atoms with Crippen molar-refractivity contribution < 1.29 is 0 Å². The lowest BCUT2D eigenvalue weighted by atomic mass is 10.2. The normalized spacial score (nSPS) is 11.2. The average Bonchev–Trinajstić information content (AvgIpc) is 2.98. The third-order valence-corrected chi connectivity index (χ3v) is 5.30. The van der Waals surface area contributed by atoms with Crippen LogP contribution in [0.4, 0.5) is 0 Å². The highest BCUT2D eigenvalue weighted by atomic mass is 79.9. The number of fused-ring (bicyclic) bond motifs is 1. The molecule has 3 aromatic rings. The van der Waals surface area contributed by atoms with E-state index in [1.54, 1.807) is 23.1 Å². The number of rotatable bonds is 5. The lowest BCUT2D eigenvalue weighted by Crippen LogP contribution is -1.83. The summed E-state index contributed by atoms with van der Waals surface area (Å²) in [6.07, 6.45) is 3.15. The topological polar surface area (TPSA) is 30.2 Å². The largest absolute Gasteiger partial charge is 0.217 e. The van der Waals surface area contributed by atoms with Crippen molar-refractivity contribution in [2.75, 3.05) is 11.1 Å². The van der Waals surface area contributed by atoms with Gasteiger partial charge >= 0.3 is 0 Å². The van der Waals surface area contributed by atoms with Crippen molar-refractivity contribution in [3.63, 3.8) is 0 Å². The number of imidazole rings is 1. The van der Waals surface area contributed by atoms with Gasteiger partial charge < -0.3 is 0 Å². The van der Waals surface area contributed by atoms with Gasteiger partial charge in [0.05, 0.1) is 11.9 Å². The molecule has 0 fully saturated rings. The maximum atomic E-state index is 4.63. The van der Waals surface area contributed by atoms with Crippen LogP contribution in [0.1, 0.15) is 6.42 Å². The lowest BCUT2D eigenvalue weighted by molar-refractivity contribution is 0.914. The molecule has 0 aliphatic rings. The summed E-state index contributed by atoms with van der Waals surface area (Å²) in [7, 11) is 0. The van der Waals surface area contributed by atoms with E-state index in [1.165, 1.54) is 0 Å². The summed E-state index contributed by atoms with van der Waals surface area (Å²) in [5.41, 5.74) is 2.12. The van der Waals surface area contributed by atoms with Crippen molar-refractivity contribution in [3.05, 3.63) is 36.5 Å². The van der Waals surface area contributed by atoms with Crippen LogP contribution >= 0.6 is 39.0 Å². The molecule has 0 spiro atoms. The number of benzene rings is 1. The van der Waals surface area contributed by atoms with E-state index < -0.39 is 0 Å². The molecule has 3 rings (SSSR count). The van der Waals surface area contributed by atoms with Gasteiger partial charge in [-0.3, -0.25) is 0 Å². The van der Waals surface area contributed by atoms with Gasteiger partial charge in [0, 0.05) is 16.6 Å². The first-order valence-corrected chi connectivity index (χ1v) is 8.89. The van der Waals surface area contributed by atoms with Crippen LogP contribution in [-0.2, 0) is 0 Å². The van der Waals surface area contributed by atoms with Crippen LogP contribution in [0.5, 0.6) is 0 Å². The van der Waals surface area contributed by atoms with Gasteiger partial charge in [0.2, 0.25) is 4.96 Å². The fraction of sp³-hybridized carbons (Fsp3) is 0.231. The minimum Gasteiger partial charge on any atom is -0.217 e. The summed E-state index contributed by atoms with van der Waals surface area (Å²) >= 11 is 6.88. The zero-order valence-corrected chi connectivity index (χ0v) is 13.3. The summed E-state index contributed by atoms with van der Waals surface area (Å²) < 4.78 is 2.96. The molecule has 0 N–H and O–H groups in total. The molecule has 19 heavy (non-hydrogen) atoms. The van der Waals surface area contributed by atoms with Gasteiger partial charge in [-0.2, -0.15) is 0 Å². The molecule has 0 unspecified atom stereocenters. The lowest BCUT2D eigenvalue weighted by Gasteiger charge is -1.94. The number of aromatic nitrogens is 3. The molecule has 2 aromatic heterocycles. The molecule has 0 aliphatic heterocycles. The number of thioether (sulfide) groups is 1. The highest BCUT2D eigenvalue weighted by Crippen LogP contribution is 2.27. The average molecular weight is 354 g/mol. The molecule has 0 amide bonds. The first-order chi connectivity index (χ1) is 9.36. The Kier molecular flexibility index (Phi) is 4.20. The number of alkyl halides is 1. The van der Waals surface area contributed by atoms with Crippen LogP contribution in [0.25, 0.3) is 16.2 Å². The molecule has 1 aromatic carbocycles. The summed E-state index contributed by atoms with van der Waals surface area (Å²) in [4.78, 5) is 5.59. The standard InChI is InChI=1S/C13H12BrN3S2/c14-7-4-8-18-13-16-17-9-11(15-12(17)19-13)10-5-2-1-3-6-10/h1-3,5-6,9H,4,7-8H2. The smallest absolute Gasteiger partial charge is 0.213 e. The van der Waals surface area contributed by atoms with Gasteiger partial charge in [0.1, 0.15) is 0 Å². The van der Waals surface area contributed by atoms with E-state index in [9.17, 15) is 0 Å². The van der Waals surface area contributed by atoms with Crippen molar-refractivity contribution in [3.8, 4) is 11.3 Å². The maximum absolute atomic E-state index is 4.63. The van der Waals surface area contributed by atoms with E-state index in [0.717, 1.165) is 38.1 Å². The van der Waals surface area contributed by atoms with E-state index in [1.807, 2.05) is 28.9 Å². The highest BCUT2D eigenvalue weighted by molar-refractivity contribution is 9.09. The monoisotopic (exact) mass is 353 g/mol. The van der Waals surface area contributed by atoms with Crippen LogP contribution in [0, 0.1) is 0 Å². The third kappa shape index (κ3) is 3.01. The molecule has 3 nitrogen and oxygen atoms in total. The summed E-state index contributed by atoms with van der Waals surface area (Å²) in [5.74, 6) is 1.09. The molecule has 0 atom stereocenters. The zero-order chi connectivity index (χ0) is 13.1. The number of hydrogen-bond acceptors (Lipinski definition) is 4. The van der Waals surface area contributed by atoms with Crippen molar-refractivity contribution in [2.24, 2.45) is 0 Å². The Labute approximate surface area is 128 Å². The van der Waals surface area contributed by atoms with Gasteiger partial charge in [0.15, 0.2) is 4.34 Å². The van der Waals surface area contributed by atoms with E-state index in [-0.39, 0.29) is 0 Å². The minimum atomic E-state index is 0.959. The van der Waals surface area contributed by atoms with Crippen LogP contribution < -0.4 is 0 Å².